The highest BCUT2D eigenvalue weighted by atomic mass is 15.1. The van der Waals surface area contributed by atoms with Crippen LogP contribution < -0.4 is 4.57 Å². The van der Waals surface area contributed by atoms with Gasteiger partial charge < -0.3 is 0 Å². The number of fused-ring (bicyclic) bond motifs is 3. The number of aromatic nitrogens is 3. The summed E-state index contributed by atoms with van der Waals surface area (Å²) in [5, 5.41) is 0. The smallest absolute Gasteiger partial charge is 0.230 e. The van der Waals surface area contributed by atoms with Crippen LogP contribution in [-0.4, -0.2) is 9.97 Å². The van der Waals surface area contributed by atoms with Crippen LogP contribution in [0.25, 0.3) is 11.4 Å². The van der Waals surface area contributed by atoms with Crippen molar-refractivity contribution >= 4 is 0 Å². The lowest BCUT2D eigenvalue weighted by Gasteiger charge is -2.37. The molecule has 0 spiro atoms. The van der Waals surface area contributed by atoms with Gasteiger partial charge >= 0.3 is 0 Å². The summed E-state index contributed by atoms with van der Waals surface area (Å²) in [4.78, 5) is 9.61. The van der Waals surface area contributed by atoms with Gasteiger partial charge in [-0.15, -0.1) is 0 Å². The van der Waals surface area contributed by atoms with Gasteiger partial charge in [0.05, 0.1) is 11.6 Å². The Bertz CT molecular complexity index is 766. The average molecular weight is 324 g/mol. The number of hydrogen-bond acceptors (Lipinski definition) is 2. The van der Waals surface area contributed by atoms with E-state index in [9.17, 15) is 0 Å². The van der Waals surface area contributed by atoms with E-state index in [1.54, 1.807) is 0 Å². The topological polar surface area (TPSA) is 29.7 Å². The van der Waals surface area contributed by atoms with Crippen molar-refractivity contribution in [3.05, 3.63) is 41.5 Å². The second kappa shape index (κ2) is 5.94. The molecule has 3 atom stereocenters. The maximum atomic E-state index is 4.98. The van der Waals surface area contributed by atoms with E-state index in [4.69, 9.17) is 4.98 Å². The third kappa shape index (κ3) is 2.45. The van der Waals surface area contributed by atoms with Crippen LogP contribution in [0.1, 0.15) is 76.9 Å². The predicted octanol–water partition coefficient (Wildman–Crippen LogP) is 4.74. The molecule has 3 unspecified atom stereocenters. The fourth-order valence-electron chi connectivity index (χ4n) is 4.00. The van der Waals surface area contributed by atoms with Gasteiger partial charge in [0, 0.05) is 5.92 Å². The summed E-state index contributed by atoms with van der Waals surface area (Å²) in [6.07, 6.45) is 3.12. The molecule has 0 saturated heterocycles. The van der Waals surface area contributed by atoms with E-state index in [2.05, 4.69) is 76.2 Å². The van der Waals surface area contributed by atoms with Crippen molar-refractivity contribution in [1.29, 1.82) is 0 Å². The zero-order valence-electron chi connectivity index (χ0n) is 16.1. The van der Waals surface area contributed by atoms with Gasteiger partial charge in [-0.1, -0.05) is 62.3 Å². The molecule has 24 heavy (non-hydrogen) atoms. The number of hydrogen-bond donors (Lipinski definition) is 0. The maximum Gasteiger partial charge on any atom is 0.279 e. The summed E-state index contributed by atoms with van der Waals surface area (Å²) in [7, 11) is 0. The molecule has 0 aliphatic carbocycles. The molecule has 1 aromatic carbocycles. The predicted molar refractivity (Wildman–Crippen MR) is 98.0 cm³/mol. The molecular weight excluding hydrogens is 294 g/mol. The van der Waals surface area contributed by atoms with Gasteiger partial charge in [0.15, 0.2) is 0 Å². The second-order valence-electron chi connectivity index (χ2n) is 7.95. The molecular formula is C21H30N3+. The molecule has 2 heterocycles. The van der Waals surface area contributed by atoms with Gasteiger partial charge in [0.25, 0.3) is 11.6 Å². The van der Waals surface area contributed by atoms with Crippen molar-refractivity contribution in [1.82, 2.24) is 9.97 Å². The van der Waals surface area contributed by atoms with Gasteiger partial charge in [-0.2, -0.15) is 0 Å². The van der Waals surface area contributed by atoms with Crippen molar-refractivity contribution < 1.29 is 4.57 Å². The molecule has 2 aromatic rings. The zero-order valence-corrected chi connectivity index (χ0v) is 16.1. The zero-order chi connectivity index (χ0) is 17.6. The molecule has 1 aliphatic rings. The van der Waals surface area contributed by atoms with Crippen molar-refractivity contribution in [2.75, 3.05) is 0 Å². The number of benzene rings is 1. The monoisotopic (exact) mass is 324 g/mol. The van der Waals surface area contributed by atoms with Crippen LogP contribution in [-0.2, 0) is 5.41 Å². The van der Waals surface area contributed by atoms with E-state index in [1.807, 2.05) is 6.33 Å². The standard InChI is InChI=1S/C21H30N3/c1-8-21(7)15(5)16(6)24-12-22-19(13(2)3)23-20(24)17-10-9-14(4)11-18(17)21/h9-13,15-16H,8H2,1-7H3/q+1. The first kappa shape index (κ1) is 17.1. The summed E-state index contributed by atoms with van der Waals surface area (Å²) < 4.78 is 2.28. The van der Waals surface area contributed by atoms with Crippen LogP contribution in [0.5, 0.6) is 0 Å². The van der Waals surface area contributed by atoms with Crippen molar-refractivity contribution in [3.8, 4) is 11.4 Å². The van der Waals surface area contributed by atoms with Gasteiger partial charge in [-0.25, -0.2) is 4.57 Å². The minimum Gasteiger partial charge on any atom is -0.230 e. The Labute approximate surface area is 146 Å². The van der Waals surface area contributed by atoms with E-state index in [1.165, 1.54) is 16.7 Å². The fourth-order valence-corrected chi connectivity index (χ4v) is 4.00. The highest BCUT2D eigenvalue weighted by Crippen LogP contribution is 2.45. The Morgan fingerprint density at radius 3 is 2.58 bits per heavy atom. The van der Waals surface area contributed by atoms with E-state index in [0.717, 1.165) is 18.1 Å². The number of aryl methyl sites for hydroxylation is 1. The molecule has 1 aliphatic heterocycles. The van der Waals surface area contributed by atoms with Crippen LogP contribution in [0.4, 0.5) is 0 Å². The van der Waals surface area contributed by atoms with Crippen LogP contribution in [0, 0.1) is 12.8 Å². The molecule has 0 bridgehead atoms. The van der Waals surface area contributed by atoms with Gasteiger partial charge in [0.1, 0.15) is 0 Å². The van der Waals surface area contributed by atoms with Crippen LogP contribution >= 0.6 is 0 Å². The highest BCUT2D eigenvalue weighted by molar-refractivity contribution is 5.62. The number of rotatable bonds is 2. The summed E-state index contributed by atoms with van der Waals surface area (Å²) in [5.41, 5.74) is 4.15. The first-order valence-electron chi connectivity index (χ1n) is 9.19. The van der Waals surface area contributed by atoms with Gasteiger partial charge in [-0.05, 0) is 43.2 Å². The third-order valence-electron chi connectivity index (χ3n) is 6.23. The van der Waals surface area contributed by atoms with E-state index >= 15 is 0 Å². The van der Waals surface area contributed by atoms with E-state index in [-0.39, 0.29) is 5.41 Å². The highest BCUT2D eigenvalue weighted by Gasteiger charge is 2.43. The Kier molecular flexibility index (Phi) is 4.23. The molecule has 0 N–H and O–H groups in total. The Morgan fingerprint density at radius 2 is 1.96 bits per heavy atom. The fraction of sp³-hybridized carbons (Fsp3) is 0.571. The number of nitrogens with zero attached hydrogens (tertiary/aromatic N) is 3. The Morgan fingerprint density at radius 1 is 1.25 bits per heavy atom. The lowest BCUT2D eigenvalue weighted by molar-refractivity contribution is -0.721. The molecule has 0 saturated carbocycles. The van der Waals surface area contributed by atoms with Crippen molar-refractivity contribution in [2.24, 2.45) is 5.92 Å². The Balaban J connectivity index is 2.37. The van der Waals surface area contributed by atoms with Crippen LogP contribution in [0.15, 0.2) is 24.5 Å². The molecule has 0 amide bonds. The minimum absolute atomic E-state index is 0.131. The van der Waals surface area contributed by atoms with Crippen LogP contribution in [0.3, 0.4) is 0 Å². The second-order valence-corrected chi connectivity index (χ2v) is 7.95. The summed E-state index contributed by atoms with van der Waals surface area (Å²) in [6, 6.07) is 7.19. The molecule has 1 aromatic heterocycles. The van der Waals surface area contributed by atoms with Crippen LogP contribution in [0.2, 0.25) is 0 Å². The van der Waals surface area contributed by atoms with E-state index < -0.39 is 0 Å². The SMILES string of the molecule is CCC1(C)c2cc(C)ccc2-c2nc(C(C)C)nc[n+]2C(C)C1C. The lowest BCUT2D eigenvalue weighted by atomic mass is 9.67. The van der Waals surface area contributed by atoms with Gasteiger partial charge in [0.2, 0.25) is 6.33 Å². The normalized spacial score (nSPS) is 26.0. The van der Waals surface area contributed by atoms with Crippen molar-refractivity contribution in [3.63, 3.8) is 0 Å². The largest absolute Gasteiger partial charge is 0.279 e. The molecule has 0 radical (unpaired) electrons. The minimum atomic E-state index is 0.131. The maximum absolute atomic E-state index is 4.98. The van der Waals surface area contributed by atoms with Crippen molar-refractivity contribution in [2.45, 2.75) is 72.3 Å². The third-order valence-corrected chi connectivity index (χ3v) is 6.23. The molecule has 3 nitrogen and oxygen atoms in total. The summed E-state index contributed by atoms with van der Waals surface area (Å²) >= 11 is 0. The molecule has 0 fully saturated rings. The Hall–Kier alpha value is -1.77. The molecule has 128 valence electrons. The molecule has 3 heteroatoms. The first-order chi connectivity index (χ1) is 11.3. The van der Waals surface area contributed by atoms with E-state index in [0.29, 0.717) is 17.9 Å². The van der Waals surface area contributed by atoms with Gasteiger partial charge in [-0.3, -0.25) is 0 Å². The molecule has 3 rings (SSSR count). The lowest BCUT2D eigenvalue weighted by Crippen LogP contribution is -2.47. The average Bonchev–Trinajstić information content (AvgIpc) is 2.64. The first-order valence-corrected chi connectivity index (χ1v) is 9.19. The quantitative estimate of drug-likeness (QED) is 0.747. The summed E-state index contributed by atoms with van der Waals surface area (Å²) in [6.45, 7) is 15.9. The summed E-state index contributed by atoms with van der Waals surface area (Å²) in [5.74, 6) is 2.83.